The average molecular weight is 343 g/mol. The molecule has 0 saturated carbocycles. The van der Waals surface area contributed by atoms with Gasteiger partial charge in [-0.15, -0.1) is 0 Å². The van der Waals surface area contributed by atoms with Crippen LogP contribution < -0.4 is 10.6 Å². The quantitative estimate of drug-likeness (QED) is 0.726. The SMILES string of the molecule is CN(C)CCNC(=O)c1cccc(NC(=O)c2n[nH]c3c2COC3)c1. The van der Waals surface area contributed by atoms with Gasteiger partial charge in [-0.25, -0.2) is 0 Å². The van der Waals surface area contributed by atoms with E-state index in [1.807, 2.05) is 19.0 Å². The number of benzene rings is 1. The van der Waals surface area contributed by atoms with E-state index >= 15 is 0 Å². The van der Waals surface area contributed by atoms with Gasteiger partial charge in [0.05, 0.1) is 18.9 Å². The number of rotatable bonds is 6. The highest BCUT2D eigenvalue weighted by atomic mass is 16.5. The Kier molecular flexibility index (Phi) is 5.11. The molecule has 0 radical (unpaired) electrons. The zero-order valence-corrected chi connectivity index (χ0v) is 14.3. The van der Waals surface area contributed by atoms with Crippen LogP contribution >= 0.6 is 0 Å². The van der Waals surface area contributed by atoms with E-state index in [-0.39, 0.29) is 11.8 Å². The van der Waals surface area contributed by atoms with E-state index in [1.165, 1.54) is 0 Å². The highest BCUT2D eigenvalue weighted by molar-refractivity contribution is 6.05. The first kappa shape index (κ1) is 17.1. The van der Waals surface area contributed by atoms with Crippen molar-refractivity contribution in [3.8, 4) is 0 Å². The number of aromatic nitrogens is 2. The average Bonchev–Trinajstić information content (AvgIpc) is 3.17. The molecule has 0 bridgehead atoms. The fraction of sp³-hybridized carbons (Fsp3) is 0.353. The summed E-state index contributed by atoms with van der Waals surface area (Å²) >= 11 is 0. The topological polar surface area (TPSA) is 99.4 Å². The summed E-state index contributed by atoms with van der Waals surface area (Å²) in [6.07, 6.45) is 0. The van der Waals surface area contributed by atoms with Gasteiger partial charge >= 0.3 is 0 Å². The standard InChI is InChI=1S/C17H21N5O3/c1-22(2)7-6-18-16(23)11-4-3-5-12(8-11)19-17(24)15-13-9-25-10-14(13)20-21-15/h3-5,8H,6-7,9-10H2,1-2H3,(H,18,23)(H,19,24)(H,20,21). The van der Waals surface area contributed by atoms with Crippen molar-refractivity contribution in [1.82, 2.24) is 20.4 Å². The number of likely N-dealkylation sites (N-methyl/N-ethyl adjacent to an activating group) is 1. The maximum absolute atomic E-state index is 12.4. The molecule has 2 heterocycles. The van der Waals surface area contributed by atoms with Crippen LogP contribution in [0.3, 0.4) is 0 Å². The second kappa shape index (κ2) is 7.45. The monoisotopic (exact) mass is 343 g/mol. The van der Waals surface area contributed by atoms with E-state index in [2.05, 4.69) is 20.8 Å². The van der Waals surface area contributed by atoms with Crippen LogP contribution in [-0.2, 0) is 18.0 Å². The van der Waals surface area contributed by atoms with Gasteiger partial charge in [-0.3, -0.25) is 14.7 Å². The number of hydrogen-bond acceptors (Lipinski definition) is 5. The number of nitrogens with zero attached hydrogens (tertiary/aromatic N) is 2. The van der Waals surface area contributed by atoms with Gasteiger partial charge in [-0.1, -0.05) is 6.07 Å². The largest absolute Gasteiger partial charge is 0.370 e. The van der Waals surface area contributed by atoms with Gasteiger partial charge in [0.15, 0.2) is 5.69 Å². The van der Waals surface area contributed by atoms with Gasteiger partial charge in [-0.2, -0.15) is 5.10 Å². The van der Waals surface area contributed by atoms with E-state index in [0.29, 0.717) is 36.7 Å². The number of carbonyl (C=O) groups excluding carboxylic acids is 2. The van der Waals surface area contributed by atoms with Crippen LogP contribution in [0.15, 0.2) is 24.3 Å². The van der Waals surface area contributed by atoms with E-state index in [9.17, 15) is 9.59 Å². The zero-order valence-electron chi connectivity index (χ0n) is 14.3. The summed E-state index contributed by atoms with van der Waals surface area (Å²) in [5.41, 5.74) is 2.98. The molecule has 25 heavy (non-hydrogen) atoms. The lowest BCUT2D eigenvalue weighted by molar-refractivity contribution is 0.0949. The highest BCUT2D eigenvalue weighted by Crippen LogP contribution is 2.21. The number of aromatic amines is 1. The van der Waals surface area contributed by atoms with Crippen molar-refractivity contribution >= 4 is 17.5 Å². The molecule has 2 amide bonds. The fourth-order valence-corrected chi connectivity index (χ4v) is 2.54. The van der Waals surface area contributed by atoms with Gasteiger partial charge in [0.25, 0.3) is 11.8 Å². The first-order chi connectivity index (χ1) is 12.0. The Hall–Kier alpha value is -2.71. The molecular formula is C17H21N5O3. The van der Waals surface area contributed by atoms with Gasteiger partial charge < -0.3 is 20.3 Å². The predicted octanol–water partition coefficient (Wildman–Crippen LogP) is 0.984. The van der Waals surface area contributed by atoms with Gasteiger partial charge in [-0.05, 0) is 32.3 Å². The lowest BCUT2D eigenvalue weighted by Crippen LogP contribution is -2.31. The minimum absolute atomic E-state index is 0.174. The third-order valence-corrected chi connectivity index (χ3v) is 3.89. The minimum atomic E-state index is -0.326. The molecule has 0 fully saturated rings. The molecule has 2 aromatic rings. The highest BCUT2D eigenvalue weighted by Gasteiger charge is 2.23. The van der Waals surface area contributed by atoms with E-state index < -0.39 is 0 Å². The van der Waals surface area contributed by atoms with Crippen LogP contribution in [-0.4, -0.2) is 54.1 Å². The van der Waals surface area contributed by atoms with Crippen LogP contribution in [0.25, 0.3) is 0 Å². The molecule has 1 aromatic carbocycles. The molecular weight excluding hydrogens is 322 g/mol. The van der Waals surface area contributed by atoms with Gasteiger partial charge in [0.2, 0.25) is 0 Å². The molecule has 0 atom stereocenters. The van der Waals surface area contributed by atoms with Gasteiger partial charge in [0, 0.05) is 29.9 Å². The molecule has 8 heteroatoms. The summed E-state index contributed by atoms with van der Waals surface area (Å²) in [7, 11) is 3.89. The number of H-pyrrole nitrogens is 1. The molecule has 0 unspecified atom stereocenters. The Labute approximate surface area is 145 Å². The number of hydrogen-bond donors (Lipinski definition) is 3. The molecule has 1 aromatic heterocycles. The van der Waals surface area contributed by atoms with E-state index in [0.717, 1.165) is 17.8 Å². The van der Waals surface area contributed by atoms with Crippen LogP contribution in [0.1, 0.15) is 32.1 Å². The maximum Gasteiger partial charge on any atom is 0.276 e. The first-order valence-corrected chi connectivity index (χ1v) is 8.03. The minimum Gasteiger partial charge on any atom is -0.370 e. The summed E-state index contributed by atoms with van der Waals surface area (Å²) in [5.74, 6) is -0.500. The van der Waals surface area contributed by atoms with Crippen LogP contribution in [0.5, 0.6) is 0 Å². The van der Waals surface area contributed by atoms with Crippen molar-refractivity contribution in [2.75, 3.05) is 32.5 Å². The number of fused-ring (bicyclic) bond motifs is 1. The second-order valence-corrected chi connectivity index (χ2v) is 6.12. The molecule has 0 spiro atoms. The normalized spacial score (nSPS) is 12.9. The molecule has 3 N–H and O–H groups in total. The van der Waals surface area contributed by atoms with Crippen LogP contribution in [0.2, 0.25) is 0 Å². The van der Waals surface area contributed by atoms with Crippen molar-refractivity contribution in [3.05, 3.63) is 46.8 Å². The Bertz CT molecular complexity index is 784. The summed E-state index contributed by atoms with van der Waals surface area (Å²) < 4.78 is 5.29. The first-order valence-electron chi connectivity index (χ1n) is 8.03. The third-order valence-electron chi connectivity index (χ3n) is 3.89. The molecule has 132 valence electrons. The fourth-order valence-electron chi connectivity index (χ4n) is 2.54. The summed E-state index contributed by atoms with van der Waals surface area (Å²) in [4.78, 5) is 26.6. The molecule has 3 rings (SSSR count). The zero-order chi connectivity index (χ0) is 17.8. The summed E-state index contributed by atoms with van der Waals surface area (Å²) in [6, 6.07) is 6.82. The second-order valence-electron chi connectivity index (χ2n) is 6.12. The molecule has 8 nitrogen and oxygen atoms in total. The van der Waals surface area contributed by atoms with E-state index in [1.54, 1.807) is 24.3 Å². The number of ether oxygens (including phenoxy) is 1. The Morgan fingerprint density at radius 1 is 1.28 bits per heavy atom. The number of anilines is 1. The van der Waals surface area contributed by atoms with Crippen molar-refractivity contribution in [3.63, 3.8) is 0 Å². The lowest BCUT2D eigenvalue weighted by atomic mass is 10.1. The summed E-state index contributed by atoms with van der Waals surface area (Å²) in [6.45, 7) is 2.14. The van der Waals surface area contributed by atoms with Gasteiger partial charge in [0.1, 0.15) is 0 Å². The molecule has 0 aliphatic carbocycles. The predicted molar refractivity (Wildman–Crippen MR) is 92.4 cm³/mol. The van der Waals surface area contributed by atoms with Crippen molar-refractivity contribution in [1.29, 1.82) is 0 Å². The number of carbonyl (C=O) groups is 2. The van der Waals surface area contributed by atoms with Crippen molar-refractivity contribution in [2.24, 2.45) is 0 Å². The number of nitrogens with one attached hydrogen (secondary N) is 3. The Morgan fingerprint density at radius 3 is 2.92 bits per heavy atom. The molecule has 1 aliphatic rings. The van der Waals surface area contributed by atoms with Crippen molar-refractivity contribution < 1.29 is 14.3 Å². The smallest absolute Gasteiger partial charge is 0.276 e. The molecule has 0 saturated heterocycles. The van der Waals surface area contributed by atoms with Crippen molar-refractivity contribution in [2.45, 2.75) is 13.2 Å². The van der Waals surface area contributed by atoms with Crippen LogP contribution in [0.4, 0.5) is 5.69 Å². The lowest BCUT2D eigenvalue weighted by Gasteiger charge is -2.11. The van der Waals surface area contributed by atoms with Crippen LogP contribution in [0, 0.1) is 0 Å². The summed E-state index contributed by atoms with van der Waals surface area (Å²) in [5, 5.41) is 12.5. The third kappa shape index (κ3) is 4.04. The Morgan fingerprint density at radius 2 is 2.12 bits per heavy atom. The van der Waals surface area contributed by atoms with E-state index in [4.69, 9.17) is 4.74 Å². The maximum atomic E-state index is 12.4. The number of amides is 2. The molecule has 1 aliphatic heterocycles. The Balaban J connectivity index is 1.65.